The van der Waals surface area contributed by atoms with E-state index in [9.17, 15) is 4.79 Å². The van der Waals surface area contributed by atoms with E-state index in [1.807, 2.05) is 24.3 Å². The molecule has 0 aromatic heterocycles. The Morgan fingerprint density at radius 1 is 1.48 bits per heavy atom. The second kappa shape index (κ2) is 7.00. The number of nitrogens with two attached hydrogens (primary N) is 1. The SMILES string of the molecule is CC1CCN(CC(=O)Nc2cccc(C(N)=S)c2)C(C)C1. The predicted molar refractivity (Wildman–Crippen MR) is 90.4 cm³/mol. The van der Waals surface area contributed by atoms with Crippen molar-refractivity contribution in [1.29, 1.82) is 0 Å². The summed E-state index contributed by atoms with van der Waals surface area (Å²) in [5, 5.41) is 2.92. The lowest BCUT2D eigenvalue weighted by Crippen LogP contribution is -2.44. The molecule has 0 bridgehead atoms. The van der Waals surface area contributed by atoms with Crippen LogP contribution >= 0.6 is 12.2 Å². The van der Waals surface area contributed by atoms with Crippen molar-refractivity contribution in [1.82, 2.24) is 4.90 Å². The van der Waals surface area contributed by atoms with E-state index in [1.165, 1.54) is 0 Å². The molecule has 1 fully saturated rings. The van der Waals surface area contributed by atoms with Gasteiger partial charge >= 0.3 is 0 Å². The molecule has 1 aliphatic rings. The van der Waals surface area contributed by atoms with Crippen LogP contribution in [0.3, 0.4) is 0 Å². The molecular formula is C16H23N3OS. The molecule has 2 rings (SSSR count). The summed E-state index contributed by atoms with van der Waals surface area (Å²) in [6.07, 6.45) is 2.32. The Labute approximate surface area is 131 Å². The Hall–Kier alpha value is -1.46. The summed E-state index contributed by atoms with van der Waals surface area (Å²) in [5.74, 6) is 0.762. The van der Waals surface area contributed by atoms with Crippen molar-refractivity contribution in [3.05, 3.63) is 29.8 Å². The lowest BCUT2D eigenvalue weighted by atomic mass is 9.93. The van der Waals surface area contributed by atoms with Crippen molar-refractivity contribution in [2.45, 2.75) is 32.7 Å². The Balaban J connectivity index is 1.92. The summed E-state index contributed by atoms with van der Waals surface area (Å²) in [6.45, 7) is 5.89. The maximum absolute atomic E-state index is 12.2. The number of carbonyl (C=O) groups is 1. The summed E-state index contributed by atoms with van der Waals surface area (Å²) in [5.41, 5.74) is 7.11. The molecule has 1 aromatic carbocycles. The normalized spacial score (nSPS) is 22.8. The van der Waals surface area contributed by atoms with Gasteiger partial charge < -0.3 is 11.1 Å². The zero-order valence-corrected chi connectivity index (χ0v) is 13.5. The number of anilines is 1. The molecule has 0 aliphatic carbocycles. The van der Waals surface area contributed by atoms with E-state index in [0.717, 1.165) is 36.6 Å². The van der Waals surface area contributed by atoms with Crippen molar-refractivity contribution < 1.29 is 4.79 Å². The fraction of sp³-hybridized carbons (Fsp3) is 0.500. The summed E-state index contributed by atoms with van der Waals surface area (Å²) >= 11 is 4.95. The number of likely N-dealkylation sites (tertiary alicyclic amines) is 1. The molecule has 114 valence electrons. The predicted octanol–water partition coefficient (Wildman–Crippen LogP) is 2.38. The molecule has 4 nitrogen and oxygen atoms in total. The van der Waals surface area contributed by atoms with Crippen LogP contribution in [-0.2, 0) is 4.79 Å². The van der Waals surface area contributed by atoms with Crippen molar-refractivity contribution in [2.24, 2.45) is 11.7 Å². The van der Waals surface area contributed by atoms with E-state index >= 15 is 0 Å². The number of amides is 1. The Bertz CT molecular complexity index is 532. The molecule has 3 N–H and O–H groups in total. The summed E-state index contributed by atoms with van der Waals surface area (Å²) in [6, 6.07) is 7.80. The summed E-state index contributed by atoms with van der Waals surface area (Å²) < 4.78 is 0. The molecule has 0 radical (unpaired) electrons. The number of nitrogens with zero attached hydrogens (tertiary/aromatic N) is 1. The first-order valence-electron chi connectivity index (χ1n) is 7.39. The smallest absolute Gasteiger partial charge is 0.238 e. The van der Waals surface area contributed by atoms with Gasteiger partial charge in [0.2, 0.25) is 5.91 Å². The molecule has 1 heterocycles. The number of benzene rings is 1. The van der Waals surface area contributed by atoms with Gasteiger partial charge in [0.25, 0.3) is 0 Å². The van der Waals surface area contributed by atoms with Crippen molar-refractivity contribution in [3.8, 4) is 0 Å². The third-order valence-corrected chi connectivity index (χ3v) is 4.29. The van der Waals surface area contributed by atoms with Crippen LogP contribution < -0.4 is 11.1 Å². The molecule has 21 heavy (non-hydrogen) atoms. The van der Waals surface area contributed by atoms with E-state index < -0.39 is 0 Å². The number of hydrogen-bond acceptors (Lipinski definition) is 3. The van der Waals surface area contributed by atoms with Gasteiger partial charge in [-0.1, -0.05) is 31.3 Å². The molecule has 1 aliphatic heterocycles. The highest BCUT2D eigenvalue weighted by Crippen LogP contribution is 2.21. The van der Waals surface area contributed by atoms with E-state index in [1.54, 1.807) is 0 Å². The zero-order valence-electron chi connectivity index (χ0n) is 12.6. The number of piperidine rings is 1. The van der Waals surface area contributed by atoms with Crippen molar-refractivity contribution in [3.63, 3.8) is 0 Å². The topological polar surface area (TPSA) is 58.4 Å². The maximum atomic E-state index is 12.2. The van der Waals surface area contributed by atoms with Gasteiger partial charge in [0, 0.05) is 17.3 Å². The monoisotopic (exact) mass is 305 g/mol. The van der Waals surface area contributed by atoms with Gasteiger partial charge in [-0.15, -0.1) is 0 Å². The maximum Gasteiger partial charge on any atom is 0.238 e. The van der Waals surface area contributed by atoms with Gasteiger partial charge in [-0.25, -0.2) is 0 Å². The van der Waals surface area contributed by atoms with Gasteiger partial charge in [0.1, 0.15) is 4.99 Å². The molecule has 2 atom stereocenters. The van der Waals surface area contributed by atoms with Crippen LogP contribution in [0.15, 0.2) is 24.3 Å². The minimum atomic E-state index is 0.0106. The van der Waals surface area contributed by atoms with Gasteiger partial charge in [-0.3, -0.25) is 9.69 Å². The van der Waals surface area contributed by atoms with Crippen LogP contribution in [0.5, 0.6) is 0 Å². The van der Waals surface area contributed by atoms with E-state index in [4.69, 9.17) is 18.0 Å². The molecule has 1 amide bonds. The van der Waals surface area contributed by atoms with E-state index in [0.29, 0.717) is 17.6 Å². The Kier molecular flexibility index (Phi) is 5.31. The fourth-order valence-electron chi connectivity index (χ4n) is 2.83. The first-order valence-corrected chi connectivity index (χ1v) is 7.80. The number of rotatable bonds is 4. The third-order valence-electron chi connectivity index (χ3n) is 4.05. The Morgan fingerprint density at radius 3 is 2.90 bits per heavy atom. The van der Waals surface area contributed by atoms with Crippen LogP contribution in [0.1, 0.15) is 32.3 Å². The van der Waals surface area contributed by atoms with Crippen molar-refractivity contribution in [2.75, 3.05) is 18.4 Å². The van der Waals surface area contributed by atoms with E-state index in [-0.39, 0.29) is 5.91 Å². The van der Waals surface area contributed by atoms with Crippen molar-refractivity contribution >= 4 is 28.8 Å². The highest BCUT2D eigenvalue weighted by molar-refractivity contribution is 7.80. The zero-order chi connectivity index (χ0) is 15.4. The lowest BCUT2D eigenvalue weighted by molar-refractivity contribution is -0.118. The van der Waals surface area contributed by atoms with Gasteiger partial charge in [-0.05, 0) is 44.4 Å². The summed E-state index contributed by atoms with van der Waals surface area (Å²) in [4.78, 5) is 14.8. The van der Waals surface area contributed by atoms with Gasteiger partial charge in [0.05, 0.1) is 6.54 Å². The third kappa shape index (κ3) is 4.51. The molecule has 1 saturated heterocycles. The second-order valence-corrected chi connectivity index (χ2v) is 6.38. The van der Waals surface area contributed by atoms with E-state index in [2.05, 4.69) is 24.1 Å². The number of hydrogen-bond donors (Lipinski definition) is 2. The standard InChI is InChI=1S/C16H23N3OS/c1-11-6-7-19(12(2)8-11)10-15(20)18-14-5-3-4-13(9-14)16(17)21/h3-5,9,11-12H,6-8,10H2,1-2H3,(H2,17,21)(H,18,20). The van der Waals surface area contributed by atoms with Crippen LogP contribution in [0.4, 0.5) is 5.69 Å². The molecule has 5 heteroatoms. The van der Waals surface area contributed by atoms with Gasteiger partial charge in [0.15, 0.2) is 0 Å². The quantitative estimate of drug-likeness (QED) is 0.839. The second-order valence-electron chi connectivity index (χ2n) is 5.94. The summed E-state index contributed by atoms with van der Waals surface area (Å²) in [7, 11) is 0. The average molecular weight is 305 g/mol. The molecular weight excluding hydrogens is 282 g/mol. The fourth-order valence-corrected chi connectivity index (χ4v) is 2.95. The minimum absolute atomic E-state index is 0.0106. The largest absolute Gasteiger partial charge is 0.389 e. The van der Waals surface area contributed by atoms with Crippen LogP contribution in [0.25, 0.3) is 0 Å². The van der Waals surface area contributed by atoms with Crippen LogP contribution in [0, 0.1) is 5.92 Å². The molecule has 2 unspecified atom stereocenters. The first-order chi connectivity index (χ1) is 9.95. The highest BCUT2D eigenvalue weighted by Gasteiger charge is 2.24. The number of nitrogens with one attached hydrogen (secondary N) is 1. The Morgan fingerprint density at radius 2 is 2.24 bits per heavy atom. The first kappa shape index (κ1) is 15.9. The van der Waals surface area contributed by atoms with Crippen LogP contribution in [0.2, 0.25) is 0 Å². The molecule has 0 spiro atoms. The number of carbonyl (C=O) groups excluding carboxylic acids is 1. The average Bonchev–Trinajstić information content (AvgIpc) is 2.42. The van der Waals surface area contributed by atoms with Crippen LogP contribution in [-0.4, -0.2) is 34.9 Å². The molecule has 1 aromatic rings. The highest BCUT2D eigenvalue weighted by atomic mass is 32.1. The molecule has 0 saturated carbocycles. The van der Waals surface area contributed by atoms with Gasteiger partial charge in [-0.2, -0.15) is 0 Å². The lowest BCUT2D eigenvalue weighted by Gasteiger charge is -2.35. The number of thiocarbonyl (C=S) groups is 1. The minimum Gasteiger partial charge on any atom is -0.389 e.